The molecule has 128 valence electrons. The van der Waals surface area contributed by atoms with Gasteiger partial charge in [-0.15, -0.1) is 0 Å². The standard InChI is InChI=1S/C20H19FN2O2/c1-11-10-17(23(24)25)20-18(12(11)2)13-7-5-8-14(13)19(22-20)15-6-3-4-9-16(15)21/h3-7,9-10,13-14,19,22H,8H2,1-2H3/t13-,14-,19-/m1/s1. The number of allylic oxidation sites excluding steroid dienone is 2. The summed E-state index contributed by atoms with van der Waals surface area (Å²) in [5, 5.41) is 14.9. The van der Waals surface area contributed by atoms with Gasteiger partial charge in [0.25, 0.3) is 5.69 Å². The maximum absolute atomic E-state index is 14.4. The summed E-state index contributed by atoms with van der Waals surface area (Å²) in [7, 11) is 0. The van der Waals surface area contributed by atoms with Gasteiger partial charge in [0.05, 0.1) is 11.0 Å². The van der Waals surface area contributed by atoms with Crippen LogP contribution in [0.4, 0.5) is 15.8 Å². The summed E-state index contributed by atoms with van der Waals surface area (Å²) in [5.41, 5.74) is 4.14. The van der Waals surface area contributed by atoms with E-state index in [1.165, 1.54) is 6.07 Å². The van der Waals surface area contributed by atoms with Crippen molar-refractivity contribution in [2.24, 2.45) is 5.92 Å². The van der Waals surface area contributed by atoms with Crippen LogP contribution < -0.4 is 5.32 Å². The molecule has 0 saturated carbocycles. The van der Waals surface area contributed by atoms with Crippen LogP contribution >= 0.6 is 0 Å². The van der Waals surface area contributed by atoms with Gasteiger partial charge in [0.15, 0.2) is 0 Å². The summed E-state index contributed by atoms with van der Waals surface area (Å²) >= 11 is 0. The first-order valence-corrected chi connectivity index (χ1v) is 8.45. The lowest BCUT2D eigenvalue weighted by Crippen LogP contribution is -2.31. The van der Waals surface area contributed by atoms with Crippen molar-refractivity contribution in [1.29, 1.82) is 0 Å². The molecule has 2 aromatic carbocycles. The minimum absolute atomic E-state index is 0.0678. The summed E-state index contributed by atoms with van der Waals surface area (Å²) in [6, 6.07) is 8.00. The molecule has 4 rings (SSSR count). The molecule has 0 spiro atoms. The molecule has 0 amide bonds. The van der Waals surface area contributed by atoms with E-state index in [-0.39, 0.29) is 34.3 Å². The molecule has 0 fully saturated rings. The van der Waals surface area contributed by atoms with E-state index in [0.29, 0.717) is 11.3 Å². The Morgan fingerprint density at radius 3 is 2.76 bits per heavy atom. The van der Waals surface area contributed by atoms with E-state index in [1.807, 2.05) is 19.9 Å². The summed E-state index contributed by atoms with van der Waals surface area (Å²) in [5.74, 6) is -0.0513. The number of rotatable bonds is 2. The Bertz CT molecular complexity index is 907. The average molecular weight is 338 g/mol. The van der Waals surface area contributed by atoms with Crippen LogP contribution in [0.1, 0.15) is 40.6 Å². The van der Waals surface area contributed by atoms with Crippen molar-refractivity contribution in [2.45, 2.75) is 32.2 Å². The predicted octanol–water partition coefficient (Wildman–Crippen LogP) is 5.18. The molecule has 2 aliphatic rings. The molecule has 1 N–H and O–H groups in total. The van der Waals surface area contributed by atoms with E-state index in [4.69, 9.17) is 0 Å². The van der Waals surface area contributed by atoms with E-state index < -0.39 is 0 Å². The Morgan fingerprint density at radius 1 is 1.28 bits per heavy atom. The number of nitrogens with zero attached hydrogens (tertiary/aromatic N) is 1. The Kier molecular flexibility index (Phi) is 3.60. The van der Waals surface area contributed by atoms with E-state index in [9.17, 15) is 14.5 Å². The zero-order valence-electron chi connectivity index (χ0n) is 14.1. The number of nitro benzene ring substituents is 1. The normalized spacial score (nSPS) is 23.7. The van der Waals surface area contributed by atoms with Crippen LogP contribution in [0.25, 0.3) is 0 Å². The number of nitro groups is 1. The third-order valence-corrected chi connectivity index (χ3v) is 5.59. The van der Waals surface area contributed by atoms with E-state index in [2.05, 4.69) is 17.5 Å². The molecular formula is C20H19FN2O2. The number of halogens is 1. The fourth-order valence-corrected chi connectivity index (χ4v) is 4.26. The van der Waals surface area contributed by atoms with Crippen molar-refractivity contribution in [3.63, 3.8) is 0 Å². The van der Waals surface area contributed by atoms with Crippen molar-refractivity contribution < 1.29 is 9.31 Å². The van der Waals surface area contributed by atoms with Gasteiger partial charge in [0, 0.05) is 17.5 Å². The summed E-state index contributed by atoms with van der Waals surface area (Å²) < 4.78 is 14.4. The summed E-state index contributed by atoms with van der Waals surface area (Å²) in [6.07, 6.45) is 5.05. The molecule has 5 heteroatoms. The highest BCUT2D eigenvalue weighted by Gasteiger charge is 2.42. The first-order chi connectivity index (χ1) is 12.0. The number of hydrogen-bond acceptors (Lipinski definition) is 3. The van der Waals surface area contributed by atoms with Crippen molar-refractivity contribution in [3.8, 4) is 0 Å². The van der Waals surface area contributed by atoms with Gasteiger partial charge in [-0.05, 0) is 48.9 Å². The molecule has 1 aliphatic carbocycles. The van der Waals surface area contributed by atoms with E-state index in [0.717, 1.165) is 23.1 Å². The second kappa shape index (κ2) is 5.69. The highest BCUT2D eigenvalue weighted by Crippen LogP contribution is 2.53. The number of benzene rings is 2. The Hall–Kier alpha value is -2.69. The second-order valence-electron chi connectivity index (χ2n) is 6.88. The lowest BCUT2D eigenvalue weighted by molar-refractivity contribution is -0.384. The predicted molar refractivity (Wildman–Crippen MR) is 95.3 cm³/mol. The van der Waals surface area contributed by atoms with Crippen molar-refractivity contribution in [3.05, 3.63) is 80.7 Å². The van der Waals surface area contributed by atoms with Crippen LogP contribution in [0.15, 0.2) is 42.5 Å². The zero-order valence-corrected chi connectivity index (χ0v) is 14.1. The highest BCUT2D eigenvalue weighted by molar-refractivity contribution is 5.74. The topological polar surface area (TPSA) is 55.2 Å². The zero-order chi connectivity index (χ0) is 17.7. The van der Waals surface area contributed by atoms with Crippen molar-refractivity contribution in [2.75, 3.05) is 5.32 Å². The lowest BCUT2D eigenvalue weighted by atomic mass is 9.74. The quantitative estimate of drug-likeness (QED) is 0.466. The van der Waals surface area contributed by atoms with Gasteiger partial charge in [-0.25, -0.2) is 4.39 Å². The highest BCUT2D eigenvalue weighted by atomic mass is 19.1. The van der Waals surface area contributed by atoms with E-state index >= 15 is 0 Å². The van der Waals surface area contributed by atoms with Crippen molar-refractivity contribution in [1.82, 2.24) is 0 Å². The van der Waals surface area contributed by atoms with Crippen LogP contribution in [0.3, 0.4) is 0 Å². The fourth-order valence-electron chi connectivity index (χ4n) is 4.26. The third kappa shape index (κ3) is 2.34. The third-order valence-electron chi connectivity index (χ3n) is 5.59. The van der Waals surface area contributed by atoms with Gasteiger partial charge in [-0.2, -0.15) is 0 Å². The van der Waals surface area contributed by atoms with Gasteiger partial charge in [-0.3, -0.25) is 10.1 Å². The van der Waals surface area contributed by atoms with Crippen LogP contribution in [0.2, 0.25) is 0 Å². The minimum atomic E-state index is -0.352. The fraction of sp³-hybridized carbons (Fsp3) is 0.300. The van der Waals surface area contributed by atoms with Gasteiger partial charge in [-0.1, -0.05) is 30.4 Å². The molecule has 0 saturated heterocycles. The molecule has 0 unspecified atom stereocenters. The number of anilines is 1. The molecule has 0 bridgehead atoms. The van der Waals surface area contributed by atoms with E-state index in [1.54, 1.807) is 18.2 Å². The monoisotopic (exact) mass is 338 g/mol. The maximum Gasteiger partial charge on any atom is 0.292 e. The van der Waals surface area contributed by atoms with Crippen LogP contribution in [0.5, 0.6) is 0 Å². The number of hydrogen-bond donors (Lipinski definition) is 1. The number of aryl methyl sites for hydroxylation is 1. The van der Waals surface area contributed by atoms with Crippen LogP contribution in [-0.4, -0.2) is 4.92 Å². The van der Waals surface area contributed by atoms with Gasteiger partial charge < -0.3 is 5.32 Å². The minimum Gasteiger partial charge on any atom is -0.372 e. The average Bonchev–Trinajstić information content (AvgIpc) is 3.07. The largest absolute Gasteiger partial charge is 0.372 e. The molecule has 1 aliphatic heterocycles. The first-order valence-electron chi connectivity index (χ1n) is 8.45. The smallest absolute Gasteiger partial charge is 0.292 e. The Morgan fingerprint density at radius 2 is 2.04 bits per heavy atom. The molecule has 0 radical (unpaired) electrons. The van der Waals surface area contributed by atoms with Gasteiger partial charge >= 0.3 is 0 Å². The molecule has 1 heterocycles. The number of nitrogens with one attached hydrogen (secondary N) is 1. The molecular weight excluding hydrogens is 319 g/mol. The maximum atomic E-state index is 14.4. The van der Waals surface area contributed by atoms with Crippen molar-refractivity contribution >= 4 is 11.4 Å². The molecule has 3 atom stereocenters. The molecule has 0 aromatic heterocycles. The van der Waals surface area contributed by atoms with Gasteiger partial charge in [0.1, 0.15) is 11.5 Å². The Labute approximate surface area is 145 Å². The second-order valence-corrected chi connectivity index (χ2v) is 6.88. The van der Waals surface area contributed by atoms with Gasteiger partial charge in [0.2, 0.25) is 0 Å². The van der Waals surface area contributed by atoms with Crippen LogP contribution in [0, 0.1) is 35.7 Å². The first kappa shape index (κ1) is 15.8. The lowest BCUT2D eigenvalue weighted by Gasteiger charge is -2.38. The molecule has 4 nitrogen and oxygen atoms in total. The molecule has 2 aromatic rings. The SMILES string of the molecule is Cc1cc([N+](=O)[O-])c2c(c1C)[C@@H]1C=CC[C@H]1[C@H](c1ccccc1F)N2. The molecule has 25 heavy (non-hydrogen) atoms. The summed E-state index contributed by atoms with van der Waals surface area (Å²) in [6.45, 7) is 3.91. The number of fused-ring (bicyclic) bond motifs is 3. The summed E-state index contributed by atoms with van der Waals surface area (Å²) in [4.78, 5) is 11.3. The van der Waals surface area contributed by atoms with Crippen LogP contribution in [-0.2, 0) is 0 Å². The Balaban J connectivity index is 1.94.